The molecule has 0 spiro atoms. The van der Waals surface area contributed by atoms with Crippen molar-refractivity contribution in [3.63, 3.8) is 0 Å². The maximum absolute atomic E-state index is 11.2. The Hall–Kier alpha value is -0.860. The molecule has 2 atom stereocenters. The van der Waals surface area contributed by atoms with Crippen LogP contribution in [-0.4, -0.2) is 29.1 Å². The molecule has 0 radical (unpaired) electrons. The molecule has 2 nitrogen and oxygen atoms in total. The lowest BCUT2D eigenvalue weighted by Gasteiger charge is -2.51. The molecule has 2 fully saturated rings. The van der Waals surface area contributed by atoms with Gasteiger partial charge in [0.25, 0.3) is 0 Å². The predicted octanol–water partition coefficient (Wildman–Crippen LogP) is 3.14. The molecule has 1 aromatic carbocycles. The lowest BCUT2D eigenvalue weighted by Crippen LogP contribution is -2.55. The molecule has 0 saturated carbocycles. The van der Waals surface area contributed by atoms with Crippen LogP contribution in [0, 0.1) is 13.8 Å². The van der Waals surface area contributed by atoms with E-state index in [1.165, 1.54) is 30.4 Å². The third-order valence-corrected chi connectivity index (χ3v) is 5.48. The number of nitrogens with zero attached hydrogens (tertiary/aromatic N) is 1. The average molecular weight is 259 g/mol. The van der Waals surface area contributed by atoms with E-state index in [2.05, 4.69) is 44.0 Å². The summed E-state index contributed by atoms with van der Waals surface area (Å²) in [6.07, 6.45) is 5.58. The summed E-state index contributed by atoms with van der Waals surface area (Å²) < 4.78 is 0. The fraction of sp³-hybridized carbons (Fsp3) is 0.647. The maximum Gasteiger partial charge on any atom is 0.0929 e. The van der Waals surface area contributed by atoms with E-state index in [4.69, 9.17) is 0 Å². The van der Waals surface area contributed by atoms with E-state index < -0.39 is 5.60 Å². The summed E-state index contributed by atoms with van der Waals surface area (Å²) in [5.74, 6) is 0. The van der Waals surface area contributed by atoms with Gasteiger partial charge in [0.2, 0.25) is 0 Å². The zero-order valence-electron chi connectivity index (χ0n) is 12.3. The quantitative estimate of drug-likeness (QED) is 0.837. The fourth-order valence-corrected chi connectivity index (χ4v) is 4.12. The van der Waals surface area contributed by atoms with Crippen LogP contribution in [-0.2, 0) is 5.60 Å². The molecule has 0 aromatic heterocycles. The van der Waals surface area contributed by atoms with Crippen LogP contribution in [0.15, 0.2) is 18.2 Å². The van der Waals surface area contributed by atoms with Gasteiger partial charge in [-0.05, 0) is 63.3 Å². The van der Waals surface area contributed by atoms with Crippen molar-refractivity contribution in [1.82, 2.24) is 4.90 Å². The summed E-state index contributed by atoms with van der Waals surface area (Å²) in [6, 6.07) is 7.46. The Morgan fingerprint density at radius 2 is 1.79 bits per heavy atom. The van der Waals surface area contributed by atoms with Gasteiger partial charge in [0.1, 0.15) is 0 Å². The van der Waals surface area contributed by atoms with Crippen LogP contribution in [0.25, 0.3) is 0 Å². The Labute approximate surface area is 116 Å². The van der Waals surface area contributed by atoms with Gasteiger partial charge in [0.15, 0.2) is 0 Å². The number of piperidine rings is 2. The standard InChI is InChI=1S/C17H25NO/c1-12-6-4-9-16(13(12)2)17(19)10-14-7-5-8-15(11-17)18(14)3/h4,6,9,14-15,19H,5,7-8,10-11H2,1-3H3. The SMILES string of the molecule is Cc1cccc(C2(O)CC3CCCC(C2)N3C)c1C. The molecule has 2 heteroatoms. The van der Waals surface area contributed by atoms with E-state index in [9.17, 15) is 5.11 Å². The highest BCUT2D eigenvalue weighted by Gasteiger charge is 2.45. The van der Waals surface area contributed by atoms with Gasteiger partial charge in [-0.25, -0.2) is 0 Å². The fourth-order valence-electron chi connectivity index (χ4n) is 4.12. The van der Waals surface area contributed by atoms with Gasteiger partial charge in [-0.3, -0.25) is 0 Å². The minimum atomic E-state index is -0.613. The van der Waals surface area contributed by atoms with Crippen LogP contribution in [0.4, 0.5) is 0 Å². The van der Waals surface area contributed by atoms with Gasteiger partial charge < -0.3 is 10.0 Å². The maximum atomic E-state index is 11.2. The molecule has 2 aliphatic rings. The molecule has 1 aromatic rings. The first kappa shape index (κ1) is 13.1. The molecule has 2 unspecified atom stereocenters. The Morgan fingerprint density at radius 1 is 1.16 bits per heavy atom. The molecule has 3 rings (SSSR count). The summed E-state index contributed by atoms with van der Waals surface area (Å²) in [4.78, 5) is 2.50. The van der Waals surface area contributed by atoms with E-state index in [1.807, 2.05) is 0 Å². The number of fused-ring (bicyclic) bond motifs is 2. The molecular weight excluding hydrogens is 234 g/mol. The molecule has 0 aliphatic carbocycles. The van der Waals surface area contributed by atoms with Gasteiger partial charge in [-0.1, -0.05) is 24.6 Å². The summed E-state index contributed by atoms with van der Waals surface area (Å²) >= 11 is 0. The van der Waals surface area contributed by atoms with Crippen LogP contribution in [0.3, 0.4) is 0 Å². The summed E-state index contributed by atoms with van der Waals surface area (Å²) in [5.41, 5.74) is 3.11. The van der Waals surface area contributed by atoms with Crippen LogP contribution in [0.1, 0.15) is 48.8 Å². The zero-order valence-corrected chi connectivity index (χ0v) is 12.3. The highest BCUT2D eigenvalue weighted by atomic mass is 16.3. The first-order valence-electron chi connectivity index (χ1n) is 7.52. The second-order valence-corrected chi connectivity index (χ2v) is 6.59. The van der Waals surface area contributed by atoms with Crippen molar-refractivity contribution < 1.29 is 5.11 Å². The second kappa shape index (κ2) is 4.60. The average Bonchev–Trinajstić information content (AvgIpc) is 2.35. The van der Waals surface area contributed by atoms with Crippen molar-refractivity contribution in [3.8, 4) is 0 Å². The van der Waals surface area contributed by atoms with Crippen molar-refractivity contribution in [2.45, 2.75) is 63.6 Å². The van der Waals surface area contributed by atoms with Crippen molar-refractivity contribution in [2.24, 2.45) is 0 Å². The number of benzene rings is 1. The van der Waals surface area contributed by atoms with Gasteiger partial charge in [-0.2, -0.15) is 0 Å². The molecular formula is C17H25NO. The summed E-state index contributed by atoms with van der Waals surface area (Å²) in [5, 5.41) is 11.2. The molecule has 2 aliphatic heterocycles. The lowest BCUT2D eigenvalue weighted by atomic mass is 9.71. The van der Waals surface area contributed by atoms with Crippen LogP contribution >= 0.6 is 0 Å². The normalized spacial score (nSPS) is 35.4. The van der Waals surface area contributed by atoms with E-state index >= 15 is 0 Å². The van der Waals surface area contributed by atoms with Crippen molar-refractivity contribution in [3.05, 3.63) is 34.9 Å². The smallest absolute Gasteiger partial charge is 0.0929 e. The molecule has 1 N–H and O–H groups in total. The first-order valence-corrected chi connectivity index (χ1v) is 7.52. The van der Waals surface area contributed by atoms with Crippen molar-refractivity contribution in [2.75, 3.05) is 7.05 Å². The van der Waals surface area contributed by atoms with Gasteiger partial charge in [-0.15, -0.1) is 0 Å². The Bertz CT molecular complexity index is 468. The molecule has 2 bridgehead atoms. The van der Waals surface area contributed by atoms with Crippen LogP contribution < -0.4 is 0 Å². The third kappa shape index (κ3) is 2.11. The molecule has 0 amide bonds. The predicted molar refractivity (Wildman–Crippen MR) is 78.2 cm³/mol. The van der Waals surface area contributed by atoms with Gasteiger partial charge >= 0.3 is 0 Å². The van der Waals surface area contributed by atoms with E-state index in [0.29, 0.717) is 12.1 Å². The monoisotopic (exact) mass is 259 g/mol. The summed E-state index contributed by atoms with van der Waals surface area (Å²) in [7, 11) is 2.23. The van der Waals surface area contributed by atoms with E-state index in [1.54, 1.807) is 0 Å². The molecule has 2 heterocycles. The largest absolute Gasteiger partial charge is 0.385 e. The lowest BCUT2D eigenvalue weighted by molar-refractivity contribution is -0.0878. The van der Waals surface area contributed by atoms with Crippen LogP contribution in [0.2, 0.25) is 0 Å². The molecule has 19 heavy (non-hydrogen) atoms. The molecule has 2 saturated heterocycles. The van der Waals surface area contributed by atoms with Crippen molar-refractivity contribution >= 4 is 0 Å². The van der Waals surface area contributed by atoms with E-state index in [0.717, 1.165) is 18.4 Å². The highest BCUT2D eigenvalue weighted by molar-refractivity contribution is 5.38. The van der Waals surface area contributed by atoms with Crippen molar-refractivity contribution in [1.29, 1.82) is 0 Å². The van der Waals surface area contributed by atoms with Gasteiger partial charge in [0, 0.05) is 12.1 Å². The van der Waals surface area contributed by atoms with E-state index in [-0.39, 0.29) is 0 Å². The minimum absolute atomic E-state index is 0.553. The van der Waals surface area contributed by atoms with Crippen LogP contribution in [0.5, 0.6) is 0 Å². The number of aryl methyl sites for hydroxylation is 1. The molecule has 104 valence electrons. The second-order valence-electron chi connectivity index (χ2n) is 6.59. The highest BCUT2D eigenvalue weighted by Crippen LogP contribution is 2.44. The zero-order chi connectivity index (χ0) is 13.6. The Morgan fingerprint density at radius 3 is 2.42 bits per heavy atom. The minimum Gasteiger partial charge on any atom is -0.385 e. The third-order valence-electron chi connectivity index (χ3n) is 5.48. The first-order chi connectivity index (χ1) is 9.01. The Balaban J connectivity index is 1.97. The van der Waals surface area contributed by atoms with Gasteiger partial charge in [0.05, 0.1) is 5.60 Å². The number of hydrogen-bond donors (Lipinski definition) is 1. The summed E-state index contributed by atoms with van der Waals surface area (Å²) in [6.45, 7) is 4.29. The number of hydrogen-bond acceptors (Lipinski definition) is 2. The topological polar surface area (TPSA) is 23.5 Å². The number of rotatable bonds is 1. The number of aliphatic hydroxyl groups is 1. The Kier molecular flexibility index (Phi) is 3.18.